The Balaban J connectivity index is 1.36. The highest BCUT2D eigenvalue weighted by Crippen LogP contribution is 2.25. The van der Waals surface area contributed by atoms with Crippen LogP contribution in [0.4, 0.5) is 11.4 Å². The number of rotatable bonds is 4. The van der Waals surface area contributed by atoms with E-state index >= 15 is 0 Å². The third-order valence-corrected chi connectivity index (χ3v) is 6.29. The van der Waals surface area contributed by atoms with Crippen LogP contribution in [0.1, 0.15) is 48.0 Å². The Morgan fingerprint density at radius 2 is 1.63 bits per heavy atom. The summed E-state index contributed by atoms with van der Waals surface area (Å²) in [5, 5.41) is 3.03. The van der Waals surface area contributed by atoms with E-state index in [1.54, 1.807) is 0 Å². The van der Waals surface area contributed by atoms with Gasteiger partial charge in [0.2, 0.25) is 5.91 Å². The molecule has 0 atom stereocenters. The standard InChI is InChI=1S/C25H31N3O2/c1-19-7-5-12-23(17-19)27-13-15-28(16-14-27)25(30)21-10-6-11-22(18-21)26-24(29)20-8-3-2-4-9-20/h5-7,10-12,17-18,20H,2-4,8-9,13-16H2,1H3,(H,26,29). The SMILES string of the molecule is Cc1cccc(N2CCN(C(=O)c3cccc(NC(=O)C4CCCCC4)c3)CC2)c1. The lowest BCUT2D eigenvalue weighted by atomic mass is 9.88. The minimum absolute atomic E-state index is 0.0349. The smallest absolute Gasteiger partial charge is 0.254 e. The zero-order chi connectivity index (χ0) is 20.9. The van der Waals surface area contributed by atoms with E-state index < -0.39 is 0 Å². The van der Waals surface area contributed by atoms with Gasteiger partial charge in [-0.25, -0.2) is 0 Å². The minimum atomic E-state index is 0.0349. The Hall–Kier alpha value is -2.82. The Kier molecular flexibility index (Phi) is 6.36. The van der Waals surface area contributed by atoms with Crippen LogP contribution >= 0.6 is 0 Å². The first kappa shape index (κ1) is 20.5. The van der Waals surface area contributed by atoms with E-state index in [0.717, 1.165) is 44.5 Å². The summed E-state index contributed by atoms with van der Waals surface area (Å²) in [6.45, 7) is 5.15. The molecule has 1 saturated heterocycles. The fourth-order valence-electron chi connectivity index (χ4n) is 4.51. The maximum absolute atomic E-state index is 13.0. The van der Waals surface area contributed by atoms with Crippen LogP contribution in [0.25, 0.3) is 0 Å². The fourth-order valence-corrected chi connectivity index (χ4v) is 4.51. The molecule has 0 aromatic heterocycles. The van der Waals surface area contributed by atoms with Crippen molar-refractivity contribution in [1.82, 2.24) is 4.90 Å². The van der Waals surface area contributed by atoms with Crippen LogP contribution in [0.5, 0.6) is 0 Å². The molecule has 0 spiro atoms. The summed E-state index contributed by atoms with van der Waals surface area (Å²) in [6.07, 6.45) is 5.42. The maximum Gasteiger partial charge on any atom is 0.254 e. The van der Waals surface area contributed by atoms with Crippen molar-refractivity contribution in [3.8, 4) is 0 Å². The molecule has 5 heteroatoms. The molecule has 158 valence electrons. The molecule has 0 radical (unpaired) electrons. The zero-order valence-electron chi connectivity index (χ0n) is 17.8. The number of amides is 2. The van der Waals surface area contributed by atoms with Gasteiger partial charge in [0, 0.05) is 49.0 Å². The predicted octanol–water partition coefficient (Wildman–Crippen LogP) is 4.48. The lowest BCUT2D eigenvalue weighted by Crippen LogP contribution is -2.48. The molecule has 5 nitrogen and oxygen atoms in total. The van der Waals surface area contributed by atoms with Gasteiger partial charge in [0.15, 0.2) is 0 Å². The van der Waals surface area contributed by atoms with Crippen LogP contribution in [-0.4, -0.2) is 42.9 Å². The van der Waals surface area contributed by atoms with Crippen molar-refractivity contribution in [2.45, 2.75) is 39.0 Å². The number of hydrogen-bond donors (Lipinski definition) is 1. The van der Waals surface area contributed by atoms with Gasteiger partial charge in [0.1, 0.15) is 0 Å². The highest BCUT2D eigenvalue weighted by atomic mass is 16.2. The fraction of sp³-hybridized carbons (Fsp3) is 0.440. The first-order chi connectivity index (χ1) is 14.6. The van der Waals surface area contributed by atoms with E-state index in [1.165, 1.54) is 17.7 Å². The van der Waals surface area contributed by atoms with Gasteiger partial charge in [0.05, 0.1) is 0 Å². The monoisotopic (exact) mass is 405 g/mol. The molecule has 1 aliphatic heterocycles. The second-order valence-electron chi connectivity index (χ2n) is 8.52. The van der Waals surface area contributed by atoms with Gasteiger partial charge in [-0.2, -0.15) is 0 Å². The number of piperazine rings is 1. The molecule has 2 aromatic rings. The lowest BCUT2D eigenvalue weighted by molar-refractivity contribution is -0.120. The minimum Gasteiger partial charge on any atom is -0.368 e. The van der Waals surface area contributed by atoms with E-state index in [1.807, 2.05) is 29.2 Å². The Bertz CT molecular complexity index is 897. The molecular formula is C25H31N3O2. The Morgan fingerprint density at radius 1 is 0.900 bits per heavy atom. The second kappa shape index (κ2) is 9.33. The average Bonchev–Trinajstić information content (AvgIpc) is 2.79. The van der Waals surface area contributed by atoms with Crippen molar-refractivity contribution >= 4 is 23.2 Å². The molecule has 1 N–H and O–H groups in total. The van der Waals surface area contributed by atoms with Crippen LogP contribution in [0, 0.1) is 12.8 Å². The van der Waals surface area contributed by atoms with Crippen molar-refractivity contribution in [1.29, 1.82) is 0 Å². The Morgan fingerprint density at radius 3 is 2.37 bits per heavy atom. The zero-order valence-corrected chi connectivity index (χ0v) is 17.8. The van der Waals surface area contributed by atoms with Crippen LogP contribution < -0.4 is 10.2 Å². The van der Waals surface area contributed by atoms with Crippen molar-refractivity contribution in [3.05, 3.63) is 59.7 Å². The highest BCUT2D eigenvalue weighted by Gasteiger charge is 2.24. The summed E-state index contributed by atoms with van der Waals surface area (Å²) >= 11 is 0. The third kappa shape index (κ3) is 4.84. The van der Waals surface area contributed by atoms with Crippen LogP contribution in [0.2, 0.25) is 0 Å². The van der Waals surface area contributed by atoms with E-state index in [0.29, 0.717) is 18.7 Å². The van der Waals surface area contributed by atoms with Crippen molar-refractivity contribution in [2.24, 2.45) is 5.92 Å². The number of carbonyl (C=O) groups is 2. The summed E-state index contributed by atoms with van der Waals surface area (Å²) < 4.78 is 0. The number of aryl methyl sites for hydroxylation is 1. The summed E-state index contributed by atoms with van der Waals surface area (Å²) in [4.78, 5) is 29.8. The molecule has 0 bridgehead atoms. The molecule has 2 amide bonds. The van der Waals surface area contributed by atoms with Crippen molar-refractivity contribution in [3.63, 3.8) is 0 Å². The molecule has 2 fully saturated rings. The highest BCUT2D eigenvalue weighted by molar-refractivity contribution is 5.97. The summed E-state index contributed by atoms with van der Waals surface area (Å²) in [7, 11) is 0. The van der Waals surface area contributed by atoms with Gasteiger partial charge >= 0.3 is 0 Å². The van der Waals surface area contributed by atoms with E-state index in [-0.39, 0.29) is 17.7 Å². The summed E-state index contributed by atoms with van der Waals surface area (Å²) in [5.41, 5.74) is 3.82. The quantitative estimate of drug-likeness (QED) is 0.816. The third-order valence-electron chi connectivity index (χ3n) is 6.29. The van der Waals surface area contributed by atoms with Gasteiger partial charge in [0.25, 0.3) is 5.91 Å². The topological polar surface area (TPSA) is 52.6 Å². The number of nitrogens with zero attached hydrogens (tertiary/aromatic N) is 2. The lowest BCUT2D eigenvalue weighted by Gasteiger charge is -2.36. The normalized spacial score (nSPS) is 17.6. The molecular weight excluding hydrogens is 374 g/mol. The summed E-state index contributed by atoms with van der Waals surface area (Å²) in [6, 6.07) is 15.9. The largest absolute Gasteiger partial charge is 0.368 e. The van der Waals surface area contributed by atoms with Crippen molar-refractivity contribution < 1.29 is 9.59 Å². The first-order valence-electron chi connectivity index (χ1n) is 11.1. The van der Waals surface area contributed by atoms with E-state index in [4.69, 9.17) is 0 Å². The summed E-state index contributed by atoms with van der Waals surface area (Å²) in [5.74, 6) is 0.228. The maximum atomic E-state index is 13.0. The Labute approximate surface area is 179 Å². The van der Waals surface area contributed by atoms with Gasteiger partial charge in [-0.3, -0.25) is 9.59 Å². The molecule has 30 heavy (non-hydrogen) atoms. The predicted molar refractivity (Wildman–Crippen MR) is 121 cm³/mol. The van der Waals surface area contributed by atoms with Crippen LogP contribution in [0.15, 0.2) is 48.5 Å². The molecule has 1 heterocycles. The number of nitrogens with one attached hydrogen (secondary N) is 1. The number of hydrogen-bond acceptors (Lipinski definition) is 3. The van der Waals surface area contributed by atoms with Gasteiger partial charge in [-0.1, -0.05) is 37.5 Å². The molecule has 4 rings (SSSR count). The van der Waals surface area contributed by atoms with Crippen LogP contribution in [0.3, 0.4) is 0 Å². The number of carbonyl (C=O) groups excluding carboxylic acids is 2. The van der Waals surface area contributed by atoms with Crippen LogP contribution in [-0.2, 0) is 4.79 Å². The molecule has 0 unspecified atom stereocenters. The van der Waals surface area contributed by atoms with Crippen molar-refractivity contribution in [2.75, 3.05) is 36.4 Å². The van der Waals surface area contributed by atoms with Gasteiger partial charge in [-0.05, 0) is 55.7 Å². The van der Waals surface area contributed by atoms with Gasteiger partial charge < -0.3 is 15.1 Å². The average molecular weight is 406 g/mol. The molecule has 2 aromatic carbocycles. The molecule has 2 aliphatic rings. The van der Waals surface area contributed by atoms with E-state index in [2.05, 4.69) is 41.4 Å². The second-order valence-corrected chi connectivity index (χ2v) is 8.52. The number of benzene rings is 2. The molecule has 1 aliphatic carbocycles. The van der Waals surface area contributed by atoms with E-state index in [9.17, 15) is 9.59 Å². The number of anilines is 2. The molecule has 1 saturated carbocycles. The first-order valence-corrected chi connectivity index (χ1v) is 11.1. The van der Waals surface area contributed by atoms with Gasteiger partial charge in [-0.15, -0.1) is 0 Å².